The smallest absolute Gasteiger partial charge is 0.162 e. The summed E-state index contributed by atoms with van der Waals surface area (Å²) in [6.07, 6.45) is 0. The van der Waals surface area contributed by atoms with Crippen molar-refractivity contribution in [2.75, 3.05) is 32.6 Å². The Bertz CT molecular complexity index is 330. The number of rotatable bonds is 4. The van der Waals surface area contributed by atoms with E-state index in [1.165, 1.54) is 4.90 Å². The molecule has 0 amide bonds. The highest BCUT2D eigenvalue weighted by atomic mass is 32.2. The standard InChI is InChI=1S/C11H15NO2S/c1-12-4-7-15-9-2-3-10-11(8-9)14-6-5-13-10/h2-3,8,12H,4-7H2,1H3. The number of ether oxygens (including phenoxy) is 2. The van der Waals surface area contributed by atoms with Gasteiger partial charge in [-0.3, -0.25) is 0 Å². The van der Waals surface area contributed by atoms with Gasteiger partial charge in [0.1, 0.15) is 13.2 Å². The highest BCUT2D eigenvalue weighted by Gasteiger charge is 2.11. The van der Waals surface area contributed by atoms with Crippen molar-refractivity contribution < 1.29 is 9.47 Å². The fraction of sp³-hybridized carbons (Fsp3) is 0.455. The lowest BCUT2D eigenvalue weighted by molar-refractivity contribution is 0.171. The molecule has 1 aromatic rings. The number of hydrogen-bond donors (Lipinski definition) is 1. The summed E-state index contributed by atoms with van der Waals surface area (Å²) in [5.74, 6) is 2.80. The zero-order chi connectivity index (χ0) is 10.5. The van der Waals surface area contributed by atoms with Crippen LogP contribution in [0.1, 0.15) is 0 Å². The van der Waals surface area contributed by atoms with Crippen LogP contribution in [0.15, 0.2) is 23.1 Å². The summed E-state index contributed by atoms with van der Waals surface area (Å²) in [5.41, 5.74) is 0. The second-order valence-corrected chi connectivity index (χ2v) is 4.43. The van der Waals surface area contributed by atoms with Gasteiger partial charge in [0.2, 0.25) is 0 Å². The van der Waals surface area contributed by atoms with Crippen LogP contribution in [-0.2, 0) is 0 Å². The maximum absolute atomic E-state index is 5.52. The molecule has 0 saturated heterocycles. The molecular formula is C11H15NO2S. The molecule has 1 aliphatic heterocycles. The molecule has 0 radical (unpaired) electrons. The molecule has 4 heteroatoms. The summed E-state index contributed by atoms with van der Waals surface area (Å²) >= 11 is 1.82. The molecule has 0 aliphatic carbocycles. The van der Waals surface area contributed by atoms with Crippen LogP contribution < -0.4 is 14.8 Å². The molecule has 0 bridgehead atoms. The van der Waals surface area contributed by atoms with Gasteiger partial charge in [-0.05, 0) is 25.2 Å². The molecular weight excluding hydrogens is 210 g/mol. The van der Waals surface area contributed by atoms with Crippen LogP contribution in [0.5, 0.6) is 11.5 Å². The lowest BCUT2D eigenvalue weighted by Gasteiger charge is -2.18. The van der Waals surface area contributed by atoms with E-state index in [9.17, 15) is 0 Å². The lowest BCUT2D eigenvalue weighted by atomic mass is 10.3. The van der Waals surface area contributed by atoms with Gasteiger partial charge in [-0.1, -0.05) is 0 Å². The van der Waals surface area contributed by atoms with Crippen LogP contribution in [0.2, 0.25) is 0 Å². The molecule has 0 saturated carbocycles. The second-order valence-electron chi connectivity index (χ2n) is 3.26. The summed E-state index contributed by atoms with van der Waals surface area (Å²) in [6.45, 7) is 2.32. The predicted molar refractivity (Wildman–Crippen MR) is 62.1 cm³/mol. The van der Waals surface area contributed by atoms with Crippen molar-refractivity contribution in [3.8, 4) is 11.5 Å². The van der Waals surface area contributed by atoms with E-state index in [4.69, 9.17) is 9.47 Å². The number of thioether (sulfide) groups is 1. The van der Waals surface area contributed by atoms with Gasteiger partial charge in [0.05, 0.1) is 0 Å². The maximum Gasteiger partial charge on any atom is 0.162 e. The molecule has 1 aromatic carbocycles. The Balaban J connectivity index is 2.00. The summed E-state index contributed by atoms with van der Waals surface area (Å²) in [5, 5.41) is 3.12. The molecule has 0 unspecified atom stereocenters. The Labute approximate surface area is 94.2 Å². The van der Waals surface area contributed by atoms with E-state index in [1.807, 2.05) is 24.9 Å². The molecule has 1 N–H and O–H groups in total. The van der Waals surface area contributed by atoms with E-state index >= 15 is 0 Å². The first-order valence-electron chi connectivity index (χ1n) is 5.07. The number of nitrogens with one attached hydrogen (secondary N) is 1. The van der Waals surface area contributed by atoms with Crippen molar-refractivity contribution in [3.63, 3.8) is 0 Å². The topological polar surface area (TPSA) is 30.5 Å². The second kappa shape index (κ2) is 5.28. The third-order valence-corrected chi connectivity index (χ3v) is 3.13. The average molecular weight is 225 g/mol. The zero-order valence-corrected chi connectivity index (χ0v) is 9.60. The minimum absolute atomic E-state index is 0.650. The van der Waals surface area contributed by atoms with Gasteiger partial charge in [0.15, 0.2) is 11.5 Å². The Kier molecular flexibility index (Phi) is 3.75. The molecule has 0 aromatic heterocycles. The minimum atomic E-state index is 0.650. The van der Waals surface area contributed by atoms with Crippen molar-refractivity contribution >= 4 is 11.8 Å². The van der Waals surface area contributed by atoms with E-state index in [2.05, 4.69) is 17.4 Å². The molecule has 1 heterocycles. The summed E-state index contributed by atoms with van der Waals surface area (Å²) in [6, 6.07) is 6.11. The zero-order valence-electron chi connectivity index (χ0n) is 8.79. The average Bonchev–Trinajstić information content (AvgIpc) is 2.29. The lowest BCUT2D eigenvalue weighted by Crippen LogP contribution is -2.15. The summed E-state index contributed by atoms with van der Waals surface area (Å²) in [7, 11) is 1.96. The van der Waals surface area contributed by atoms with Crippen LogP contribution in [0.4, 0.5) is 0 Å². The predicted octanol–water partition coefficient (Wildman–Crippen LogP) is 1.77. The van der Waals surface area contributed by atoms with Crippen LogP contribution in [-0.4, -0.2) is 32.6 Å². The van der Waals surface area contributed by atoms with Gasteiger partial charge in [-0.2, -0.15) is 0 Å². The van der Waals surface area contributed by atoms with E-state index < -0.39 is 0 Å². The van der Waals surface area contributed by atoms with Gasteiger partial charge < -0.3 is 14.8 Å². The fourth-order valence-corrected chi connectivity index (χ4v) is 2.28. The number of fused-ring (bicyclic) bond motifs is 1. The molecule has 15 heavy (non-hydrogen) atoms. The largest absolute Gasteiger partial charge is 0.486 e. The van der Waals surface area contributed by atoms with Gasteiger partial charge in [-0.15, -0.1) is 11.8 Å². The Hall–Kier alpha value is -0.870. The fourth-order valence-electron chi connectivity index (χ4n) is 1.38. The van der Waals surface area contributed by atoms with Crippen molar-refractivity contribution in [2.45, 2.75) is 4.90 Å². The van der Waals surface area contributed by atoms with E-state index in [0.717, 1.165) is 23.8 Å². The van der Waals surface area contributed by atoms with Gasteiger partial charge in [0, 0.05) is 17.2 Å². The Morgan fingerprint density at radius 1 is 1.27 bits per heavy atom. The van der Waals surface area contributed by atoms with E-state index in [-0.39, 0.29) is 0 Å². The van der Waals surface area contributed by atoms with E-state index in [0.29, 0.717) is 13.2 Å². The van der Waals surface area contributed by atoms with Crippen LogP contribution in [0.25, 0.3) is 0 Å². The third-order valence-electron chi connectivity index (χ3n) is 2.13. The van der Waals surface area contributed by atoms with Gasteiger partial charge in [-0.25, -0.2) is 0 Å². The molecule has 0 fully saturated rings. The van der Waals surface area contributed by atoms with Crippen molar-refractivity contribution in [2.24, 2.45) is 0 Å². The Morgan fingerprint density at radius 3 is 2.87 bits per heavy atom. The summed E-state index contributed by atoms with van der Waals surface area (Å²) < 4.78 is 11.0. The summed E-state index contributed by atoms with van der Waals surface area (Å²) in [4.78, 5) is 1.23. The third kappa shape index (κ3) is 2.79. The molecule has 0 spiro atoms. The monoisotopic (exact) mass is 225 g/mol. The highest BCUT2D eigenvalue weighted by Crippen LogP contribution is 2.33. The van der Waals surface area contributed by atoms with Crippen LogP contribution in [0.3, 0.4) is 0 Å². The molecule has 2 rings (SSSR count). The SMILES string of the molecule is CNCCSc1ccc2c(c1)OCCO2. The van der Waals surface area contributed by atoms with Crippen molar-refractivity contribution in [3.05, 3.63) is 18.2 Å². The van der Waals surface area contributed by atoms with Gasteiger partial charge >= 0.3 is 0 Å². The van der Waals surface area contributed by atoms with Crippen molar-refractivity contribution in [1.82, 2.24) is 5.32 Å². The quantitative estimate of drug-likeness (QED) is 0.625. The minimum Gasteiger partial charge on any atom is -0.486 e. The van der Waals surface area contributed by atoms with E-state index in [1.54, 1.807) is 0 Å². The highest BCUT2D eigenvalue weighted by molar-refractivity contribution is 7.99. The first-order valence-corrected chi connectivity index (χ1v) is 6.06. The Morgan fingerprint density at radius 2 is 2.07 bits per heavy atom. The van der Waals surface area contributed by atoms with Crippen LogP contribution >= 0.6 is 11.8 Å². The molecule has 82 valence electrons. The van der Waals surface area contributed by atoms with Crippen LogP contribution in [0, 0.1) is 0 Å². The number of hydrogen-bond acceptors (Lipinski definition) is 4. The molecule has 3 nitrogen and oxygen atoms in total. The first kappa shape index (κ1) is 10.6. The first-order chi connectivity index (χ1) is 7.40. The van der Waals surface area contributed by atoms with Gasteiger partial charge in [0.25, 0.3) is 0 Å². The normalized spacial score (nSPS) is 13.9. The van der Waals surface area contributed by atoms with Crippen molar-refractivity contribution in [1.29, 1.82) is 0 Å². The molecule has 0 atom stereocenters. The molecule has 1 aliphatic rings. The maximum atomic E-state index is 5.52. The number of benzene rings is 1.